The Morgan fingerprint density at radius 3 is 1.71 bits per heavy atom. The van der Waals surface area contributed by atoms with Gasteiger partial charge in [-0.15, -0.1) is 0 Å². The van der Waals surface area contributed by atoms with Crippen molar-refractivity contribution in [3.8, 4) is 11.5 Å². The highest BCUT2D eigenvalue weighted by Crippen LogP contribution is 2.21. The van der Waals surface area contributed by atoms with Gasteiger partial charge in [0.25, 0.3) is 10.1 Å². The largest absolute Gasteiger partial charge is 0.508 e. The van der Waals surface area contributed by atoms with Gasteiger partial charge in [0.05, 0.1) is 4.90 Å². The van der Waals surface area contributed by atoms with E-state index in [1.165, 1.54) is 12.1 Å². The zero-order valence-corrected chi connectivity index (χ0v) is 12.0. The smallest absolute Gasteiger partial charge is 0.339 e. The van der Waals surface area contributed by atoms with E-state index in [1.54, 1.807) is 0 Å². The van der Waals surface area contributed by atoms with Gasteiger partial charge < -0.3 is 9.29 Å². The molecule has 9 heteroatoms. The van der Waals surface area contributed by atoms with Gasteiger partial charge in [-0.3, -0.25) is 4.55 Å². The van der Waals surface area contributed by atoms with Crippen molar-refractivity contribution in [2.75, 3.05) is 0 Å². The lowest BCUT2D eigenvalue weighted by molar-refractivity contribution is 0.473. The predicted octanol–water partition coefficient (Wildman–Crippen LogP) is 1.41. The lowest BCUT2D eigenvalue weighted by Crippen LogP contribution is -2.09. The lowest BCUT2D eigenvalue weighted by Gasteiger charge is -2.07. The Kier molecular flexibility index (Phi) is 3.90. The van der Waals surface area contributed by atoms with Crippen LogP contribution in [0.3, 0.4) is 0 Å². The summed E-state index contributed by atoms with van der Waals surface area (Å²) in [6.07, 6.45) is 0. The molecule has 112 valence electrons. The molecule has 0 saturated heterocycles. The normalized spacial score (nSPS) is 12.0. The molecular weight excluding hydrogens is 320 g/mol. The van der Waals surface area contributed by atoms with Crippen molar-refractivity contribution in [2.24, 2.45) is 0 Å². The number of phenols is 1. The van der Waals surface area contributed by atoms with E-state index < -0.39 is 20.2 Å². The zero-order chi connectivity index (χ0) is 15.7. The summed E-state index contributed by atoms with van der Waals surface area (Å²) < 4.78 is 59.2. The highest BCUT2D eigenvalue weighted by atomic mass is 32.2. The predicted molar refractivity (Wildman–Crippen MR) is 72.2 cm³/mol. The molecule has 0 amide bonds. The SMILES string of the molecule is O=S(=O)(O)c1ccc(OS(=O)(=O)c2ccc(O)cc2)cc1. The van der Waals surface area contributed by atoms with E-state index in [2.05, 4.69) is 0 Å². The summed E-state index contributed by atoms with van der Waals surface area (Å²) in [7, 11) is -8.45. The van der Waals surface area contributed by atoms with E-state index in [0.717, 1.165) is 36.4 Å². The Hall–Kier alpha value is -2.10. The van der Waals surface area contributed by atoms with E-state index >= 15 is 0 Å². The third kappa shape index (κ3) is 3.72. The van der Waals surface area contributed by atoms with Crippen LogP contribution in [0.4, 0.5) is 0 Å². The minimum absolute atomic E-state index is 0.0912. The molecule has 0 aliphatic heterocycles. The van der Waals surface area contributed by atoms with Crippen molar-refractivity contribution < 1.29 is 30.7 Å². The fourth-order valence-electron chi connectivity index (χ4n) is 1.45. The molecule has 0 fully saturated rings. The minimum Gasteiger partial charge on any atom is -0.508 e. The van der Waals surface area contributed by atoms with Crippen LogP contribution in [-0.4, -0.2) is 26.5 Å². The maximum Gasteiger partial charge on any atom is 0.339 e. The highest BCUT2D eigenvalue weighted by molar-refractivity contribution is 7.87. The van der Waals surface area contributed by atoms with Crippen LogP contribution in [0, 0.1) is 0 Å². The molecule has 0 unspecified atom stereocenters. The molecule has 0 spiro atoms. The van der Waals surface area contributed by atoms with Gasteiger partial charge in [-0.2, -0.15) is 16.8 Å². The van der Waals surface area contributed by atoms with Gasteiger partial charge in [-0.1, -0.05) is 0 Å². The summed E-state index contributed by atoms with van der Waals surface area (Å²) in [5, 5.41) is 9.10. The molecule has 0 saturated carbocycles. The van der Waals surface area contributed by atoms with Crippen LogP contribution < -0.4 is 4.18 Å². The Morgan fingerprint density at radius 2 is 1.24 bits per heavy atom. The second-order valence-electron chi connectivity index (χ2n) is 3.98. The van der Waals surface area contributed by atoms with Gasteiger partial charge in [0.1, 0.15) is 16.4 Å². The summed E-state index contributed by atoms with van der Waals surface area (Å²) in [5.41, 5.74) is 0. The topological polar surface area (TPSA) is 118 Å². The van der Waals surface area contributed by atoms with Crippen LogP contribution in [0.1, 0.15) is 0 Å². The first kappa shape index (κ1) is 15.3. The first-order valence-corrected chi connectivity index (χ1v) is 8.34. The average molecular weight is 330 g/mol. The molecule has 0 aromatic heterocycles. The van der Waals surface area contributed by atoms with Gasteiger partial charge >= 0.3 is 10.1 Å². The van der Waals surface area contributed by atoms with Gasteiger partial charge in [-0.05, 0) is 48.5 Å². The maximum absolute atomic E-state index is 11.9. The van der Waals surface area contributed by atoms with E-state index in [4.69, 9.17) is 13.8 Å². The molecule has 0 aliphatic carbocycles. The molecule has 2 aromatic rings. The molecule has 2 aromatic carbocycles. The first-order chi connectivity index (χ1) is 9.68. The molecule has 2 rings (SSSR count). The Bertz CT molecular complexity index is 835. The number of phenolic OH excluding ortho intramolecular Hbond substituents is 1. The Labute approximate surface area is 121 Å². The van der Waals surface area contributed by atoms with E-state index in [9.17, 15) is 16.8 Å². The fraction of sp³-hybridized carbons (Fsp3) is 0. The van der Waals surface area contributed by atoms with Crippen molar-refractivity contribution in [1.29, 1.82) is 0 Å². The fourth-order valence-corrected chi connectivity index (χ4v) is 2.86. The quantitative estimate of drug-likeness (QED) is 0.642. The molecule has 7 nitrogen and oxygen atoms in total. The van der Waals surface area contributed by atoms with E-state index in [0.29, 0.717) is 0 Å². The van der Waals surface area contributed by atoms with Crippen LogP contribution in [0.2, 0.25) is 0 Å². The number of benzene rings is 2. The van der Waals surface area contributed by atoms with E-state index in [1.807, 2.05) is 0 Å². The summed E-state index contributed by atoms with van der Waals surface area (Å²) in [5.74, 6) is -0.207. The van der Waals surface area contributed by atoms with Gasteiger partial charge in [0.15, 0.2) is 0 Å². The monoisotopic (exact) mass is 330 g/mol. The first-order valence-electron chi connectivity index (χ1n) is 5.49. The van der Waals surface area contributed by atoms with Gasteiger partial charge in [-0.25, -0.2) is 0 Å². The standard InChI is InChI=1S/C12H10O7S2/c13-9-1-5-12(6-2-9)21(17,18)19-10-3-7-11(8-4-10)20(14,15)16/h1-8,13H,(H,14,15,16). The number of hydrogen-bond donors (Lipinski definition) is 2. The van der Waals surface area contributed by atoms with Crippen LogP contribution in [0.15, 0.2) is 58.3 Å². The maximum atomic E-state index is 11.9. The summed E-state index contributed by atoms with van der Waals surface area (Å²) in [4.78, 5) is -0.545. The van der Waals surface area contributed by atoms with Crippen molar-refractivity contribution in [3.05, 3.63) is 48.5 Å². The number of rotatable bonds is 4. The molecule has 0 bridgehead atoms. The molecule has 0 aliphatic rings. The van der Waals surface area contributed by atoms with Crippen molar-refractivity contribution >= 4 is 20.2 Å². The minimum atomic E-state index is -4.35. The lowest BCUT2D eigenvalue weighted by atomic mass is 10.3. The van der Waals surface area contributed by atoms with Crippen LogP contribution >= 0.6 is 0 Å². The van der Waals surface area contributed by atoms with Crippen molar-refractivity contribution in [1.82, 2.24) is 0 Å². The molecule has 0 radical (unpaired) electrons. The third-order valence-electron chi connectivity index (χ3n) is 2.45. The number of aromatic hydroxyl groups is 1. The van der Waals surface area contributed by atoms with Gasteiger partial charge in [0.2, 0.25) is 0 Å². The highest BCUT2D eigenvalue weighted by Gasteiger charge is 2.17. The summed E-state index contributed by atoms with van der Waals surface area (Å²) in [6.45, 7) is 0. The number of hydrogen-bond acceptors (Lipinski definition) is 6. The zero-order valence-electron chi connectivity index (χ0n) is 10.4. The van der Waals surface area contributed by atoms with Crippen LogP contribution in [0.5, 0.6) is 11.5 Å². The van der Waals surface area contributed by atoms with Crippen molar-refractivity contribution in [2.45, 2.75) is 9.79 Å². The van der Waals surface area contributed by atoms with Crippen LogP contribution in [0.25, 0.3) is 0 Å². The summed E-state index contributed by atoms with van der Waals surface area (Å²) >= 11 is 0. The molecule has 0 atom stereocenters. The Balaban J connectivity index is 2.27. The molecule has 21 heavy (non-hydrogen) atoms. The van der Waals surface area contributed by atoms with Gasteiger partial charge in [0, 0.05) is 0 Å². The second-order valence-corrected chi connectivity index (χ2v) is 6.95. The summed E-state index contributed by atoms with van der Waals surface area (Å²) in [6, 6.07) is 8.93. The van der Waals surface area contributed by atoms with Crippen LogP contribution in [-0.2, 0) is 20.2 Å². The molecule has 0 heterocycles. The van der Waals surface area contributed by atoms with Crippen molar-refractivity contribution in [3.63, 3.8) is 0 Å². The van der Waals surface area contributed by atoms with E-state index in [-0.39, 0.29) is 21.3 Å². The Morgan fingerprint density at radius 1 is 0.762 bits per heavy atom. The molecular formula is C12H10O7S2. The second kappa shape index (κ2) is 5.35. The average Bonchev–Trinajstić information content (AvgIpc) is 2.38. The molecule has 2 N–H and O–H groups in total. The third-order valence-corrected chi connectivity index (χ3v) is 4.58.